The van der Waals surface area contributed by atoms with Gasteiger partial charge in [0.2, 0.25) is 0 Å². The maximum absolute atomic E-state index is 12.9. The van der Waals surface area contributed by atoms with Gasteiger partial charge in [-0.3, -0.25) is 28.9 Å². The first-order valence-corrected chi connectivity index (χ1v) is 16.5. The first kappa shape index (κ1) is 34.1. The number of carbonyl (C=O) groups excluding carboxylic acids is 3. The van der Waals surface area contributed by atoms with E-state index in [1.807, 2.05) is 41.3 Å². The number of carbonyl (C=O) groups is 3. The predicted octanol–water partition coefficient (Wildman–Crippen LogP) is 5.87. The number of amides is 3. The SMILES string of the molecule is C=CC(Cn1cc(CON2C(=O)C(C)=C(/C=C\CCCC)C2=O)nn1)C1CCN(C(=O)S)C(Cc2ccnc3ccc(OC)cc23)C1. The summed E-state index contributed by atoms with van der Waals surface area (Å²) in [4.78, 5) is 50.1. The monoisotopic (exact) mass is 658 g/mol. The molecule has 0 aliphatic carbocycles. The highest BCUT2D eigenvalue weighted by Crippen LogP contribution is 2.34. The van der Waals surface area contributed by atoms with E-state index >= 15 is 0 Å². The fourth-order valence-corrected chi connectivity index (χ4v) is 6.64. The number of ether oxygens (including phenoxy) is 1. The van der Waals surface area contributed by atoms with Crippen molar-refractivity contribution < 1.29 is 24.0 Å². The van der Waals surface area contributed by atoms with Gasteiger partial charge in [-0.25, -0.2) is 0 Å². The third-order valence-corrected chi connectivity index (χ3v) is 9.32. The second kappa shape index (κ2) is 15.5. The molecule has 0 N–H and O–H groups in total. The van der Waals surface area contributed by atoms with Crippen LogP contribution in [0.15, 0.2) is 72.6 Å². The van der Waals surface area contributed by atoms with Crippen molar-refractivity contribution in [2.45, 2.75) is 71.6 Å². The summed E-state index contributed by atoms with van der Waals surface area (Å²) in [6.07, 6.45) is 14.3. The Hall–Kier alpha value is -4.29. The molecule has 248 valence electrons. The van der Waals surface area contributed by atoms with E-state index in [2.05, 4.69) is 41.4 Å². The number of thiol groups is 1. The van der Waals surface area contributed by atoms with Crippen LogP contribution in [0.5, 0.6) is 5.75 Å². The number of benzene rings is 1. The molecule has 2 aromatic heterocycles. The summed E-state index contributed by atoms with van der Waals surface area (Å²) >= 11 is 4.20. The predicted molar refractivity (Wildman–Crippen MR) is 181 cm³/mol. The number of allylic oxidation sites excluding steroid dienone is 2. The van der Waals surface area contributed by atoms with Gasteiger partial charge in [-0.1, -0.05) is 55.8 Å². The lowest BCUT2D eigenvalue weighted by molar-refractivity contribution is -0.190. The summed E-state index contributed by atoms with van der Waals surface area (Å²) in [6, 6.07) is 7.76. The van der Waals surface area contributed by atoms with E-state index in [1.54, 1.807) is 37.2 Å². The number of hydroxylamine groups is 2. The van der Waals surface area contributed by atoms with Crippen LogP contribution in [0.1, 0.15) is 57.2 Å². The molecule has 3 aromatic rings. The Kier molecular flexibility index (Phi) is 11.3. The summed E-state index contributed by atoms with van der Waals surface area (Å²) in [6.45, 7) is 8.89. The van der Waals surface area contributed by atoms with Crippen molar-refractivity contribution in [3.63, 3.8) is 0 Å². The Morgan fingerprint density at radius 2 is 2.06 bits per heavy atom. The maximum Gasteiger partial charge on any atom is 0.285 e. The molecule has 1 aromatic carbocycles. The first-order valence-electron chi connectivity index (χ1n) is 16.1. The van der Waals surface area contributed by atoms with Crippen LogP contribution in [0.25, 0.3) is 10.9 Å². The molecule has 0 bridgehead atoms. The summed E-state index contributed by atoms with van der Waals surface area (Å²) < 4.78 is 7.19. The van der Waals surface area contributed by atoms with Gasteiger partial charge in [0.15, 0.2) is 0 Å². The van der Waals surface area contributed by atoms with Crippen LogP contribution in [0.2, 0.25) is 0 Å². The average Bonchev–Trinajstić information content (AvgIpc) is 3.61. The van der Waals surface area contributed by atoms with Crippen molar-refractivity contribution in [2.75, 3.05) is 13.7 Å². The molecule has 4 heterocycles. The van der Waals surface area contributed by atoms with E-state index in [-0.39, 0.29) is 29.7 Å². The fourth-order valence-electron chi connectivity index (χ4n) is 6.38. The normalized spacial score (nSPS) is 19.3. The van der Waals surface area contributed by atoms with Crippen LogP contribution in [0.3, 0.4) is 0 Å². The highest BCUT2D eigenvalue weighted by atomic mass is 32.1. The number of aromatic nitrogens is 4. The smallest absolute Gasteiger partial charge is 0.285 e. The third-order valence-electron chi connectivity index (χ3n) is 9.06. The van der Waals surface area contributed by atoms with E-state index in [0.717, 1.165) is 59.4 Å². The number of piperidine rings is 1. The number of imide groups is 1. The molecule has 2 aliphatic rings. The van der Waals surface area contributed by atoms with Crippen LogP contribution in [-0.2, 0) is 34.0 Å². The van der Waals surface area contributed by atoms with E-state index in [1.165, 1.54) is 0 Å². The second-order valence-electron chi connectivity index (χ2n) is 12.1. The minimum Gasteiger partial charge on any atom is -0.497 e. The summed E-state index contributed by atoms with van der Waals surface area (Å²) in [5, 5.41) is 10.1. The molecule has 0 saturated carbocycles. The van der Waals surface area contributed by atoms with Crippen molar-refractivity contribution in [3.05, 3.63) is 83.9 Å². The quantitative estimate of drug-likeness (QED) is 0.0989. The fraction of sp³-hybridized carbons (Fsp3) is 0.429. The number of fused-ring (bicyclic) bond motifs is 1. The van der Waals surface area contributed by atoms with E-state index < -0.39 is 11.8 Å². The zero-order valence-electron chi connectivity index (χ0n) is 27.2. The Bertz CT molecular complexity index is 1700. The second-order valence-corrected chi connectivity index (χ2v) is 12.4. The van der Waals surface area contributed by atoms with Crippen molar-refractivity contribution >= 4 is 40.6 Å². The highest BCUT2D eigenvalue weighted by Gasteiger charge is 2.37. The zero-order chi connectivity index (χ0) is 33.5. The van der Waals surface area contributed by atoms with E-state index in [4.69, 9.17) is 9.57 Å². The van der Waals surface area contributed by atoms with Crippen LogP contribution in [0.4, 0.5) is 4.79 Å². The minimum atomic E-state index is -0.473. The standard InChI is InChI=1S/C35H42N6O5S/c1-5-7-8-9-10-30-23(3)33(42)41(34(30)43)46-22-27-21-39(38-37-27)20-24(6-2)25-14-16-40(35(44)47)28(17-25)18-26-13-15-36-32-12-11-29(45-4)19-31(26)32/h6,9-13,15,19,21,24-25,28H,2,5,7-8,14,16-18,20,22H2,1,3-4H3,(H,44,47)/b10-9-. The lowest BCUT2D eigenvalue weighted by Crippen LogP contribution is -2.46. The molecule has 2 aliphatic heterocycles. The minimum absolute atomic E-state index is 0.0586. The molecule has 12 heteroatoms. The number of nitrogens with zero attached hydrogens (tertiary/aromatic N) is 6. The third kappa shape index (κ3) is 7.82. The Morgan fingerprint density at radius 3 is 2.81 bits per heavy atom. The molecule has 1 saturated heterocycles. The number of methoxy groups -OCH3 is 1. The molecule has 3 amide bonds. The van der Waals surface area contributed by atoms with Crippen LogP contribution in [-0.4, -0.2) is 66.7 Å². The lowest BCUT2D eigenvalue weighted by atomic mass is 9.79. The van der Waals surface area contributed by atoms with Crippen LogP contribution >= 0.6 is 12.6 Å². The first-order chi connectivity index (χ1) is 22.7. The molecule has 1 fully saturated rings. The van der Waals surface area contributed by atoms with Crippen molar-refractivity contribution in [1.82, 2.24) is 29.9 Å². The van der Waals surface area contributed by atoms with Crippen LogP contribution < -0.4 is 4.74 Å². The molecule has 0 radical (unpaired) electrons. The van der Waals surface area contributed by atoms with Gasteiger partial charge in [-0.2, -0.15) is 0 Å². The molecule has 11 nitrogen and oxygen atoms in total. The van der Waals surface area contributed by atoms with E-state index in [9.17, 15) is 14.4 Å². The van der Waals surface area contributed by atoms with Gasteiger partial charge >= 0.3 is 0 Å². The average molecular weight is 659 g/mol. The molecular formula is C35H42N6O5S. The topological polar surface area (TPSA) is 120 Å². The van der Waals surface area contributed by atoms with Gasteiger partial charge < -0.3 is 9.64 Å². The van der Waals surface area contributed by atoms with Crippen molar-refractivity contribution in [1.29, 1.82) is 0 Å². The van der Waals surface area contributed by atoms with Gasteiger partial charge in [0, 0.05) is 36.3 Å². The number of hydrogen-bond donors (Lipinski definition) is 1. The molecular weight excluding hydrogens is 616 g/mol. The Balaban J connectivity index is 1.22. The summed E-state index contributed by atoms with van der Waals surface area (Å²) in [5.41, 5.74) is 3.17. The van der Waals surface area contributed by atoms with Crippen molar-refractivity contribution in [2.24, 2.45) is 11.8 Å². The van der Waals surface area contributed by atoms with Crippen molar-refractivity contribution in [3.8, 4) is 5.75 Å². The van der Waals surface area contributed by atoms with Gasteiger partial charge in [-0.15, -0.1) is 16.7 Å². The maximum atomic E-state index is 12.9. The summed E-state index contributed by atoms with van der Waals surface area (Å²) in [7, 11) is 1.64. The molecule has 47 heavy (non-hydrogen) atoms. The number of pyridine rings is 1. The summed E-state index contributed by atoms with van der Waals surface area (Å²) in [5.74, 6) is 0.119. The zero-order valence-corrected chi connectivity index (χ0v) is 28.1. The number of likely N-dealkylation sites (tertiary alicyclic amines) is 1. The van der Waals surface area contributed by atoms with Gasteiger partial charge in [-0.05, 0) is 74.3 Å². The largest absolute Gasteiger partial charge is 0.497 e. The van der Waals surface area contributed by atoms with Crippen LogP contribution in [0, 0.1) is 11.8 Å². The van der Waals surface area contributed by atoms with Gasteiger partial charge in [0.05, 0.1) is 24.4 Å². The number of hydrogen-bond acceptors (Lipinski definition) is 8. The van der Waals surface area contributed by atoms with Gasteiger partial charge in [0.25, 0.3) is 17.1 Å². The Morgan fingerprint density at radius 1 is 1.23 bits per heavy atom. The molecule has 0 spiro atoms. The lowest BCUT2D eigenvalue weighted by Gasteiger charge is -2.41. The van der Waals surface area contributed by atoms with Gasteiger partial charge in [0.1, 0.15) is 18.1 Å². The molecule has 5 rings (SSSR count). The molecule has 3 atom stereocenters. The van der Waals surface area contributed by atoms with E-state index in [0.29, 0.717) is 36.4 Å². The number of unbranched alkanes of at least 4 members (excludes halogenated alkanes) is 2. The highest BCUT2D eigenvalue weighted by molar-refractivity contribution is 7.96. The number of rotatable bonds is 14. The Labute approximate surface area is 280 Å². The molecule has 3 unspecified atom stereocenters.